The van der Waals surface area contributed by atoms with Crippen LogP contribution in [-0.4, -0.2) is 25.8 Å². The van der Waals surface area contributed by atoms with Gasteiger partial charge in [0.1, 0.15) is 29.7 Å². The van der Waals surface area contributed by atoms with E-state index in [-0.39, 0.29) is 24.3 Å². The molecule has 3 heterocycles. The van der Waals surface area contributed by atoms with Crippen LogP contribution >= 0.6 is 0 Å². The van der Waals surface area contributed by atoms with Gasteiger partial charge in [0, 0.05) is 42.9 Å². The van der Waals surface area contributed by atoms with Crippen molar-refractivity contribution in [1.29, 1.82) is 0 Å². The van der Waals surface area contributed by atoms with E-state index in [2.05, 4.69) is 15.2 Å². The first-order chi connectivity index (χ1) is 15.3. The van der Waals surface area contributed by atoms with Crippen molar-refractivity contribution < 1.29 is 22.8 Å². The van der Waals surface area contributed by atoms with Crippen LogP contribution in [0.25, 0.3) is 11.3 Å². The number of aromatic nitrogens is 4. The quantitative estimate of drug-likeness (QED) is 0.473. The number of nitrogens with two attached hydrogens (primary N) is 1. The Morgan fingerprint density at radius 3 is 2.62 bits per heavy atom. The zero-order valence-electron chi connectivity index (χ0n) is 17.3. The Hall–Kier alpha value is -4.08. The van der Waals surface area contributed by atoms with Crippen molar-refractivity contribution in [3.8, 4) is 17.1 Å². The number of carbonyl (C=O) groups is 1. The molecule has 10 heteroatoms. The molecule has 4 rings (SSSR count). The van der Waals surface area contributed by atoms with Gasteiger partial charge in [-0.15, -0.1) is 0 Å². The molecule has 8 nitrogen and oxygen atoms in total. The molecular formula is C22H19F2N5O3. The number of amides is 1. The first-order valence-corrected chi connectivity index (χ1v) is 9.63. The topological polar surface area (TPSA) is 109 Å². The number of nitrogens with zero attached hydrogens (tertiary/aromatic N) is 4. The number of halogens is 2. The highest BCUT2D eigenvalue weighted by atomic mass is 19.1. The third kappa shape index (κ3) is 4.34. The molecule has 0 aliphatic carbocycles. The van der Waals surface area contributed by atoms with Crippen molar-refractivity contribution in [3.63, 3.8) is 0 Å². The summed E-state index contributed by atoms with van der Waals surface area (Å²) in [6, 6.07) is 8.60. The van der Waals surface area contributed by atoms with Gasteiger partial charge in [-0.2, -0.15) is 5.10 Å². The van der Waals surface area contributed by atoms with E-state index in [1.165, 1.54) is 18.2 Å². The smallest absolute Gasteiger partial charge is 0.269 e. The first kappa shape index (κ1) is 21.2. The average Bonchev–Trinajstić information content (AvgIpc) is 3.36. The highest BCUT2D eigenvalue weighted by Gasteiger charge is 2.15. The zero-order valence-corrected chi connectivity index (χ0v) is 17.3. The molecule has 32 heavy (non-hydrogen) atoms. The SMILES string of the molecule is Cc1cc(OCc2cc(Cc3c(F)cccc3F)on2)ncc1-c1cc(C(N)=O)nn1C. The van der Waals surface area contributed by atoms with Gasteiger partial charge in [0.25, 0.3) is 5.91 Å². The molecule has 0 unspecified atom stereocenters. The maximum atomic E-state index is 13.8. The number of pyridine rings is 1. The van der Waals surface area contributed by atoms with E-state index < -0.39 is 17.5 Å². The second kappa shape index (κ2) is 8.58. The third-order valence-corrected chi connectivity index (χ3v) is 4.88. The molecule has 0 fully saturated rings. The van der Waals surface area contributed by atoms with Gasteiger partial charge >= 0.3 is 0 Å². The minimum Gasteiger partial charge on any atom is -0.471 e. The second-order valence-electron chi connectivity index (χ2n) is 7.19. The second-order valence-corrected chi connectivity index (χ2v) is 7.19. The van der Waals surface area contributed by atoms with E-state index in [9.17, 15) is 13.6 Å². The van der Waals surface area contributed by atoms with Gasteiger partial charge in [-0.3, -0.25) is 9.48 Å². The van der Waals surface area contributed by atoms with Crippen LogP contribution < -0.4 is 10.5 Å². The van der Waals surface area contributed by atoms with Crippen LogP contribution in [-0.2, 0) is 20.1 Å². The zero-order chi connectivity index (χ0) is 22.8. The number of primary amides is 1. The lowest BCUT2D eigenvalue weighted by molar-refractivity contribution is 0.0995. The Labute approximate surface area is 181 Å². The van der Waals surface area contributed by atoms with Gasteiger partial charge in [0.05, 0.1) is 5.69 Å². The highest BCUT2D eigenvalue weighted by Crippen LogP contribution is 2.26. The molecule has 1 amide bonds. The predicted molar refractivity (Wildman–Crippen MR) is 110 cm³/mol. The van der Waals surface area contributed by atoms with E-state index in [1.54, 1.807) is 36.1 Å². The van der Waals surface area contributed by atoms with E-state index in [1.807, 2.05) is 6.92 Å². The van der Waals surface area contributed by atoms with Crippen molar-refractivity contribution in [1.82, 2.24) is 19.9 Å². The highest BCUT2D eigenvalue weighted by molar-refractivity contribution is 5.92. The number of ether oxygens (including phenoxy) is 1. The van der Waals surface area contributed by atoms with Crippen LogP contribution in [0.3, 0.4) is 0 Å². The average molecular weight is 439 g/mol. The number of carbonyl (C=O) groups excluding carboxylic acids is 1. The van der Waals surface area contributed by atoms with Crippen LogP contribution in [0, 0.1) is 18.6 Å². The molecule has 0 spiro atoms. The molecule has 1 aromatic carbocycles. The summed E-state index contributed by atoms with van der Waals surface area (Å²) in [6.45, 7) is 1.94. The van der Waals surface area contributed by atoms with E-state index in [0.717, 1.165) is 11.1 Å². The van der Waals surface area contributed by atoms with E-state index in [4.69, 9.17) is 15.0 Å². The number of rotatable bonds is 7. The Balaban J connectivity index is 1.44. The van der Waals surface area contributed by atoms with E-state index >= 15 is 0 Å². The molecule has 0 aliphatic rings. The number of hydrogen-bond acceptors (Lipinski definition) is 6. The van der Waals surface area contributed by atoms with Crippen LogP contribution in [0.5, 0.6) is 5.88 Å². The van der Waals surface area contributed by atoms with Crippen LogP contribution in [0.4, 0.5) is 8.78 Å². The molecule has 0 radical (unpaired) electrons. The number of hydrogen-bond donors (Lipinski definition) is 1. The molecule has 0 saturated heterocycles. The minimum atomic E-state index is -0.643. The summed E-state index contributed by atoms with van der Waals surface area (Å²) in [5.41, 5.74) is 8.14. The third-order valence-electron chi connectivity index (χ3n) is 4.88. The summed E-state index contributed by atoms with van der Waals surface area (Å²) < 4.78 is 40.0. The lowest BCUT2D eigenvalue weighted by Gasteiger charge is -2.08. The van der Waals surface area contributed by atoms with Crippen molar-refractivity contribution in [3.05, 3.63) is 82.5 Å². The molecule has 0 saturated carbocycles. The summed E-state index contributed by atoms with van der Waals surface area (Å²) in [5.74, 6) is -1.23. The van der Waals surface area contributed by atoms with Crippen LogP contribution in [0.1, 0.15) is 33.1 Å². The molecule has 0 atom stereocenters. The molecule has 0 bridgehead atoms. The fourth-order valence-electron chi connectivity index (χ4n) is 3.25. The Kier molecular flexibility index (Phi) is 5.67. The van der Waals surface area contributed by atoms with Gasteiger partial charge in [0.15, 0.2) is 5.69 Å². The summed E-state index contributed by atoms with van der Waals surface area (Å²) in [5, 5.41) is 7.96. The standard InChI is InChI=1S/C22H19F2N5O3/c1-12-6-21(26-10-16(12)20-9-19(22(25)30)27-29(20)2)31-11-13-7-14(32-28-13)8-15-17(23)4-3-5-18(15)24/h3-7,9-10H,8,11H2,1-2H3,(H2,25,30). The summed E-state index contributed by atoms with van der Waals surface area (Å²) in [6.07, 6.45) is 1.55. The predicted octanol–water partition coefficient (Wildman–Crippen LogP) is 3.33. The largest absolute Gasteiger partial charge is 0.471 e. The van der Waals surface area contributed by atoms with Crippen molar-refractivity contribution in [2.24, 2.45) is 12.8 Å². The fraction of sp³-hybridized carbons (Fsp3) is 0.182. The maximum Gasteiger partial charge on any atom is 0.269 e. The van der Waals surface area contributed by atoms with Gasteiger partial charge in [-0.1, -0.05) is 11.2 Å². The lowest BCUT2D eigenvalue weighted by Crippen LogP contribution is -2.11. The first-order valence-electron chi connectivity index (χ1n) is 9.63. The molecule has 164 valence electrons. The van der Waals surface area contributed by atoms with Gasteiger partial charge in [-0.25, -0.2) is 13.8 Å². The van der Waals surface area contributed by atoms with Crippen molar-refractivity contribution in [2.45, 2.75) is 20.0 Å². The minimum absolute atomic E-state index is 0.0600. The van der Waals surface area contributed by atoms with Crippen LogP contribution in [0.2, 0.25) is 0 Å². The Morgan fingerprint density at radius 1 is 1.22 bits per heavy atom. The van der Waals surface area contributed by atoms with Gasteiger partial charge in [0.2, 0.25) is 5.88 Å². The Bertz CT molecular complexity index is 1280. The van der Waals surface area contributed by atoms with Gasteiger partial charge in [-0.05, 0) is 30.7 Å². The molecule has 0 aliphatic heterocycles. The van der Waals surface area contributed by atoms with Crippen LogP contribution in [0.15, 0.2) is 47.1 Å². The van der Waals surface area contributed by atoms with Crippen molar-refractivity contribution in [2.75, 3.05) is 0 Å². The Morgan fingerprint density at radius 2 is 1.97 bits per heavy atom. The fourth-order valence-corrected chi connectivity index (χ4v) is 3.25. The summed E-state index contributed by atoms with van der Waals surface area (Å²) in [7, 11) is 1.71. The summed E-state index contributed by atoms with van der Waals surface area (Å²) in [4.78, 5) is 15.6. The normalized spacial score (nSPS) is 11.0. The molecular weight excluding hydrogens is 420 g/mol. The summed E-state index contributed by atoms with van der Waals surface area (Å²) >= 11 is 0. The molecule has 3 aromatic heterocycles. The molecule has 4 aromatic rings. The monoisotopic (exact) mass is 439 g/mol. The lowest BCUT2D eigenvalue weighted by atomic mass is 10.1. The van der Waals surface area contributed by atoms with Gasteiger partial charge < -0.3 is 15.0 Å². The van der Waals surface area contributed by atoms with Crippen molar-refractivity contribution >= 4 is 5.91 Å². The number of aryl methyl sites for hydroxylation is 2. The maximum absolute atomic E-state index is 13.8. The molecule has 2 N–H and O–H groups in total. The number of benzene rings is 1. The van der Waals surface area contributed by atoms with E-state index in [0.29, 0.717) is 23.0 Å².